The second-order valence-corrected chi connectivity index (χ2v) is 5.45. The van der Waals surface area contributed by atoms with Gasteiger partial charge >= 0.3 is 0 Å². The van der Waals surface area contributed by atoms with Crippen LogP contribution in [-0.4, -0.2) is 29.9 Å². The number of aromatic nitrogens is 1. The van der Waals surface area contributed by atoms with E-state index in [0.717, 1.165) is 10.9 Å². The maximum Gasteiger partial charge on any atom is 0.253 e. The molecule has 2 amide bonds. The fraction of sp³-hybridized carbons (Fsp3) is 0.375. The van der Waals surface area contributed by atoms with Crippen LogP contribution in [0.15, 0.2) is 30.5 Å². The third kappa shape index (κ3) is 4.08. The monoisotopic (exact) mass is 287 g/mol. The van der Waals surface area contributed by atoms with Gasteiger partial charge in [-0.15, -0.1) is 0 Å². The Balaban J connectivity index is 1.85. The maximum absolute atomic E-state index is 12.1. The average Bonchev–Trinajstić information content (AvgIpc) is 2.93. The molecule has 0 aliphatic carbocycles. The van der Waals surface area contributed by atoms with E-state index in [2.05, 4.69) is 15.6 Å². The highest BCUT2D eigenvalue weighted by atomic mass is 16.2. The van der Waals surface area contributed by atoms with E-state index in [1.807, 2.05) is 32.0 Å². The predicted molar refractivity (Wildman–Crippen MR) is 83.1 cm³/mol. The van der Waals surface area contributed by atoms with Crippen molar-refractivity contribution in [2.75, 3.05) is 13.1 Å². The van der Waals surface area contributed by atoms with Crippen molar-refractivity contribution >= 4 is 22.7 Å². The minimum absolute atomic E-state index is 0.0397. The van der Waals surface area contributed by atoms with E-state index in [4.69, 9.17) is 0 Å². The summed E-state index contributed by atoms with van der Waals surface area (Å²) in [4.78, 5) is 26.8. The molecular formula is C16H21N3O2. The number of fused-ring (bicyclic) bond motifs is 1. The molecule has 0 atom stereocenters. The Bertz CT molecular complexity index is 631. The van der Waals surface area contributed by atoms with Gasteiger partial charge in [-0.3, -0.25) is 9.59 Å². The smallest absolute Gasteiger partial charge is 0.253 e. The number of benzene rings is 1. The van der Waals surface area contributed by atoms with Gasteiger partial charge < -0.3 is 15.6 Å². The maximum atomic E-state index is 12.1. The molecule has 0 saturated heterocycles. The van der Waals surface area contributed by atoms with Gasteiger partial charge in [-0.2, -0.15) is 0 Å². The zero-order valence-electron chi connectivity index (χ0n) is 12.4. The number of H-pyrrole nitrogens is 1. The Labute approximate surface area is 124 Å². The van der Waals surface area contributed by atoms with Crippen LogP contribution < -0.4 is 10.6 Å². The summed E-state index contributed by atoms with van der Waals surface area (Å²) in [7, 11) is 0. The van der Waals surface area contributed by atoms with Gasteiger partial charge in [0.2, 0.25) is 5.91 Å². The molecule has 0 bridgehead atoms. The van der Waals surface area contributed by atoms with Crippen LogP contribution in [0, 0.1) is 5.92 Å². The van der Waals surface area contributed by atoms with Crippen molar-refractivity contribution in [2.24, 2.45) is 5.92 Å². The highest BCUT2D eigenvalue weighted by molar-refractivity contribution is 6.05. The predicted octanol–water partition coefficient (Wildman–Crippen LogP) is 2.06. The quantitative estimate of drug-likeness (QED) is 0.761. The molecule has 3 N–H and O–H groups in total. The first-order chi connectivity index (χ1) is 10.1. The van der Waals surface area contributed by atoms with Crippen molar-refractivity contribution in [1.82, 2.24) is 15.6 Å². The topological polar surface area (TPSA) is 74.0 Å². The van der Waals surface area contributed by atoms with Crippen molar-refractivity contribution in [3.05, 3.63) is 36.0 Å². The highest BCUT2D eigenvalue weighted by Gasteiger charge is 2.10. The number of aromatic amines is 1. The number of para-hydroxylation sites is 1. The Morgan fingerprint density at radius 3 is 2.76 bits per heavy atom. The lowest BCUT2D eigenvalue weighted by Gasteiger charge is -2.09. The van der Waals surface area contributed by atoms with Gasteiger partial charge in [-0.25, -0.2) is 0 Å². The van der Waals surface area contributed by atoms with Crippen LogP contribution in [0.4, 0.5) is 0 Å². The lowest BCUT2D eigenvalue weighted by Crippen LogP contribution is -2.32. The number of carbonyl (C=O) groups excluding carboxylic acids is 2. The van der Waals surface area contributed by atoms with Gasteiger partial charge in [-0.1, -0.05) is 26.0 Å². The number of carbonyl (C=O) groups is 2. The summed E-state index contributed by atoms with van der Waals surface area (Å²) in [5.41, 5.74) is 1.42. The van der Waals surface area contributed by atoms with E-state index in [0.29, 0.717) is 31.0 Å². The summed E-state index contributed by atoms with van der Waals surface area (Å²) >= 11 is 0. The van der Waals surface area contributed by atoms with E-state index in [9.17, 15) is 9.59 Å². The van der Waals surface area contributed by atoms with Gasteiger partial charge in [0, 0.05) is 31.1 Å². The number of nitrogens with one attached hydrogen (secondary N) is 3. The third-order valence-electron chi connectivity index (χ3n) is 3.18. The van der Waals surface area contributed by atoms with Crippen molar-refractivity contribution in [3.8, 4) is 0 Å². The van der Waals surface area contributed by atoms with Crippen LogP contribution in [0.1, 0.15) is 30.6 Å². The zero-order valence-corrected chi connectivity index (χ0v) is 12.4. The molecule has 0 aliphatic rings. The van der Waals surface area contributed by atoms with E-state index in [1.54, 1.807) is 12.3 Å². The molecule has 1 aromatic heterocycles. The fourth-order valence-corrected chi connectivity index (χ4v) is 2.07. The molecule has 1 aromatic carbocycles. The minimum Gasteiger partial charge on any atom is -0.361 e. The Morgan fingerprint density at radius 2 is 2.00 bits per heavy atom. The van der Waals surface area contributed by atoms with Gasteiger partial charge in [0.25, 0.3) is 5.91 Å². The summed E-state index contributed by atoms with van der Waals surface area (Å²) in [5.74, 6) is 0.218. The van der Waals surface area contributed by atoms with Gasteiger partial charge in [0.15, 0.2) is 0 Å². The van der Waals surface area contributed by atoms with Crippen molar-refractivity contribution in [3.63, 3.8) is 0 Å². The molecule has 0 spiro atoms. The largest absolute Gasteiger partial charge is 0.361 e. The van der Waals surface area contributed by atoms with Gasteiger partial charge in [-0.05, 0) is 18.1 Å². The van der Waals surface area contributed by atoms with Gasteiger partial charge in [0.1, 0.15) is 0 Å². The summed E-state index contributed by atoms with van der Waals surface area (Å²) in [6.45, 7) is 5.08. The Morgan fingerprint density at radius 1 is 1.19 bits per heavy atom. The summed E-state index contributed by atoms with van der Waals surface area (Å²) < 4.78 is 0. The second kappa shape index (κ2) is 6.92. The molecule has 2 rings (SSSR count). The number of hydrogen-bond donors (Lipinski definition) is 3. The Kier molecular flexibility index (Phi) is 4.98. The van der Waals surface area contributed by atoms with Crippen LogP contribution in [0.2, 0.25) is 0 Å². The van der Waals surface area contributed by atoms with Crippen LogP contribution in [0.3, 0.4) is 0 Å². The summed E-state index contributed by atoms with van der Waals surface area (Å²) in [6.07, 6.45) is 2.10. The molecule has 1 heterocycles. The van der Waals surface area contributed by atoms with E-state index >= 15 is 0 Å². The lowest BCUT2D eigenvalue weighted by atomic mass is 10.1. The Hall–Kier alpha value is -2.30. The summed E-state index contributed by atoms with van der Waals surface area (Å²) in [6, 6.07) is 7.49. The molecule has 0 unspecified atom stereocenters. The highest BCUT2D eigenvalue weighted by Crippen LogP contribution is 2.16. The molecule has 21 heavy (non-hydrogen) atoms. The third-order valence-corrected chi connectivity index (χ3v) is 3.18. The van der Waals surface area contributed by atoms with Crippen molar-refractivity contribution < 1.29 is 9.59 Å². The molecule has 0 radical (unpaired) electrons. The lowest BCUT2D eigenvalue weighted by molar-refractivity contribution is -0.121. The van der Waals surface area contributed by atoms with Crippen molar-refractivity contribution in [1.29, 1.82) is 0 Å². The normalized spacial score (nSPS) is 10.8. The fourth-order valence-electron chi connectivity index (χ4n) is 2.07. The summed E-state index contributed by atoms with van der Waals surface area (Å²) in [5, 5.41) is 6.60. The minimum atomic E-state index is -0.167. The first-order valence-corrected chi connectivity index (χ1v) is 7.19. The van der Waals surface area contributed by atoms with Crippen LogP contribution in [0.25, 0.3) is 10.9 Å². The average molecular weight is 287 g/mol. The number of rotatable bonds is 6. The molecular weight excluding hydrogens is 266 g/mol. The zero-order chi connectivity index (χ0) is 15.2. The second-order valence-electron chi connectivity index (χ2n) is 5.45. The standard InChI is InChI=1S/C16H21N3O2/c1-11(2)10-19-14(20)7-9-18-16(21)13-5-3-4-12-6-8-17-15(12)13/h3-6,8,11,17H,7,9-10H2,1-2H3,(H,18,21)(H,19,20). The molecule has 5 nitrogen and oxygen atoms in total. The first kappa shape index (κ1) is 15.1. The first-order valence-electron chi connectivity index (χ1n) is 7.19. The van der Waals surface area contributed by atoms with Crippen LogP contribution in [-0.2, 0) is 4.79 Å². The number of hydrogen-bond acceptors (Lipinski definition) is 2. The molecule has 2 aromatic rings. The van der Waals surface area contributed by atoms with Gasteiger partial charge in [0.05, 0.1) is 11.1 Å². The molecule has 112 valence electrons. The number of amides is 2. The SMILES string of the molecule is CC(C)CNC(=O)CCNC(=O)c1cccc2cc[nH]c12. The molecule has 0 aliphatic heterocycles. The van der Waals surface area contributed by atoms with E-state index in [-0.39, 0.29) is 11.8 Å². The van der Waals surface area contributed by atoms with Crippen LogP contribution in [0.5, 0.6) is 0 Å². The van der Waals surface area contributed by atoms with E-state index in [1.165, 1.54) is 0 Å². The molecule has 0 fully saturated rings. The van der Waals surface area contributed by atoms with Crippen molar-refractivity contribution in [2.45, 2.75) is 20.3 Å². The van der Waals surface area contributed by atoms with Crippen LogP contribution >= 0.6 is 0 Å². The van der Waals surface area contributed by atoms with E-state index < -0.39 is 0 Å². The molecule has 5 heteroatoms. The molecule has 0 saturated carbocycles.